The van der Waals surface area contributed by atoms with Gasteiger partial charge in [0, 0.05) is 6.07 Å². The molecule has 0 bridgehead atoms. The Morgan fingerprint density at radius 2 is 1.92 bits per heavy atom. The molecular weight excluding hydrogens is 187 g/mol. The quantitative estimate of drug-likeness (QED) is 0.669. The third-order valence-corrected chi connectivity index (χ3v) is 1.22. The fourth-order valence-electron chi connectivity index (χ4n) is 0.753. The van der Waals surface area contributed by atoms with Gasteiger partial charge in [-0.3, -0.25) is 0 Å². The molecule has 72 valence electrons. The third-order valence-electron chi connectivity index (χ3n) is 1.22. The number of rotatable bonds is 1. The Bertz CT molecular complexity index is 311. The number of nitrogens with two attached hydrogens (primary N) is 1. The molecular formula is C7H6F3NO2. The summed E-state index contributed by atoms with van der Waals surface area (Å²) >= 11 is 0. The van der Waals surface area contributed by atoms with Gasteiger partial charge in [-0.2, -0.15) is 0 Å². The Balaban J connectivity index is 2.90. The van der Waals surface area contributed by atoms with E-state index in [1.165, 1.54) is 0 Å². The van der Waals surface area contributed by atoms with Gasteiger partial charge in [0.15, 0.2) is 5.75 Å². The zero-order valence-electron chi connectivity index (χ0n) is 6.30. The first kappa shape index (κ1) is 9.50. The van der Waals surface area contributed by atoms with E-state index in [-0.39, 0.29) is 11.4 Å². The number of alkyl halides is 3. The van der Waals surface area contributed by atoms with Crippen LogP contribution < -0.4 is 10.5 Å². The number of nitrogen functional groups attached to an aromatic ring is 1. The fourth-order valence-corrected chi connectivity index (χ4v) is 0.753. The minimum atomic E-state index is -4.77. The zero-order chi connectivity index (χ0) is 10.1. The topological polar surface area (TPSA) is 55.5 Å². The van der Waals surface area contributed by atoms with E-state index in [0.29, 0.717) is 0 Å². The summed E-state index contributed by atoms with van der Waals surface area (Å²) < 4.78 is 38.6. The van der Waals surface area contributed by atoms with Crippen LogP contribution in [0.25, 0.3) is 0 Å². The van der Waals surface area contributed by atoms with Crippen molar-refractivity contribution in [3.8, 4) is 11.5 Å². The lowest BCUT2D eigenvalue weighted by Crippen LogP contribution is -2.17. The van der Waals surface area contributed by atoms with E-state index in [9.17, 15) is 13.2 Å². The summed E-state index contributed by atoms with van der Waals surface area (Å²) in [5, 5.41) is 8.82. The van der Waals surface area contributed by atoms with Gasteiger partial charge in [-0.15, -0.1) is 13.2 Å². The summed E-state index contributed by atoms with van der Waals surface area (Å²) in [5.41, 5.74) is 4.88. The molecule has 0 fully saturated rings. The van der Waals surface area contributed by atoms with Gasteiger partial charge < -0.3 is 15.6 Å². The first-order valence-corrected chi connectivity index (χ1v) is 3.23. The number of benzene rings is 1. The molecule has 0 aliphatic carbocycles. The third kappa shape index (κ3) is 2.73. The smallest absolute Gasteiger partial charge is 0.508 e. The van der Waals surface area contributed by atoms with E-state index < -0.39 is 12.1 Å². The molecule has 0 saturated heterocycles. The molecule has 1 aromatic carbocycles. The van der Waals surface area contributed by atoms with Gasteiger partial charge in [0.05, 0.1) is 5.69 Å². The first-order valence-electron chi connectivity index (χ1n) is 3.23. The van der Waals surface area contributed by atoms with Gasteiger partial charge in [0.1, 0.15) is 5.75 Å². The zero-order valence-corrected chi connectivity index (χ0v) is 6.30. The molecule has 13 heavy (non-hydrogen) atoms. The molecule has 1 aromatic rings. The number of anilines is 1. The van der Waals surface area contributed by atoms with Crippen LogP contribution in [0.3, 0.4) is 0 Å². The second kappa shape index (κ2) is 3.04. The van der Waals surface area contributed by atoms with E-state index in [1.54, 1.807) is 0 Å². The predicted octanol–water partition coefficient (Wildman–Crippen LogP) is 1.87. The van der Waals surface area contributed by atoms with E-state index in [1.807, 2.05) is 0 Å². The summed E-state index contributed by atoms with van der Waals surface area (Å²) in [6, 6.07) is 2.97. The van der Waals surface area contributed by atoms with Gasteiger partial charge in [0.25, 0.3) is 0 Å². The first-order chi connectivity index (χ1) is 5.88. The lowest BCUT2D eigenvalue weighted by Gasteiger charge is -2.10. The molecule has 6 heteroatoms. The molecule has 0 saturated carbocycles. The summed E-state index contributed by atoms with van der Waals surface area (Å²) in [7, 11) is 0. The number of ether oxygens (including phenoxy) is 1. The van der Waals surface area contributed by atoms with Gasteiger partial charge in [-0.1, -0.05) is 0 Å². The van der Waals surface area contributed by atoms with Crippen LogP contribution in [0.1, 0.15) is 0 Å². The molecule has 0 heterocycles. The fraction of sp³-hybridized carbons (Fsp3) is 0.143. The van der Waals surface area contributed by atoms with E-state index in [0.717, 1.165) is 18.2 Å². The predicted molar refractivity (Wildman–Crippen MR) is 39.2 cm³/mol. The molecule has 0 atom stereocenters. The lowest BCUT2D eigenvalue weighted by molar-refractivity contribution is -0.274. The van der Waals surface area contributed by atoms with Crippen LogP contribution in [-0.4, -0.2) is 11.5 Å². The minimum absolute atomic E-state index is 0.216. The Morgan fingerprint density at radius 1 is 1.31 bits per heavy atom. The molecule has 0 aliphatic rings. The summed E-state index contributed by atoms with van der Waals surface area (Å²) in [6.45, 7) is 0. The maximum atomic E-state index is 11.7. The Labute approximate surface area is 71.5 Å². The number of hydrogen-bond acceptors (Lipinski definition) is 3. The molecule has 0 aromatic heterocycles. The molecule has 0 unspecified atom stereocenters. The van der Waals surface area contributed by atoms with Crippen molar-refractivity contribution < 1.29 is 23.0 Å². The van der Waals surface area contributed by atoms with Crippen molar-refractivity contribution in [2.45, 2.75) is 6.36 Å². The highest BCUT2D eigenvalue weighted by Gasteiger charge is 2.31. The van der Waals surface area contributed by atoms with Crippen molar-refractivity contribution in [3.63, 3.8) is 0 Å². The number of hydrogen-bond donors (Lipinski definition) is 2. The average molecular weight is 193 g/mol. The summed E-state index contributed by atoms with van der Waals surface area (Å²) in [5.74, 6) is -0.739. The van der Waals surface area contributed by atoms with Gasteiger partial charge in [-0.05, 0) is 12.1 Å². The summed E-state index contributed by atoms with van der Waals surface area (Å²) in [4.78, 5) is 0. The van der Waals surface area contributed by atoms with Crippen LogP contribution in [0.15, 0.2) is 18.2 Å². The van der Waals surface area contributed by atoms with Gasteiger partial charge in [-0.25, -0.2) is 0 Å². The van der Waals surface area contributed by atoms with Crippen LogP contribution in [0.5, 0.6) is 11.5 Å². The molecule has 3 nitrogen and oxygen atoms in total. The van der Waals surface area contributed by atoms with Crippen molar-refractivity contribution in [1.29, 1.82) is 0 Å². The normalized spacial score (nSPS) is 11.3. The highest BCUT2D eigenvalue weighted by Crippen LogP contribution is 2.30. The van der Waals surface area contributed by atoms with E-state index in [4.69, 9.17) is 10.8 Å². The van der Waals surface area contributed by atoms with E-state index in [2.05, 4.69) is 4.74 Å². The molecule has 0 amide bonds. The highest BCUT2D eigenvalue weighted by molar-refractivity contribution is 5.55. The molecule has 0 spiro atoms. The van der Waals surface area contributed by atoms with Crippen LogP contribution in [-0.2, 0) is 0 Å². The SMILES string of the molecule is Nc1cc(O)ccc1OC(F)(F)F. The van der Waals surface area contributed by atoms with Gasteiger partial charge >= 0.3 is 6.36 Å². The Morgan fingerprint density at radius 3 is 2.38 bits per heavy atom. The largest absolute Gasteiger partial charge is 0.573 e. The summed E-state index contributed by atoms with van der Waals surface area (Å²) in [6.07, 6.45) is -4.77. The lowest BCUT2D eigenvalue weighted by atomic mass is 10.3. The van der Waals surface area contributed by atoms with Crippen LogP contribution in [0.2, 0.25) is 0 Å². The maximum absolute atomic E-state index is 11.7. The highest BCUT2D eigenvalue weighted by atomic mass is 19.4. The van der Waals surface area contributed by atoms with Crippen molar-refractivity contribution in [2.24, 2.45) is 0 Å². The number of halogens is 3. The van der Waals surface area contributed by atoms with E-state index >= 15 is 0 Å². The average Bonchev–Trinajstić information content (AvgIpc) is 1.93. The van der Waals surface area contributed by atoms with Crippen molar-refractivity contribution in [3.05, 3.63) is 18.2 Å². The van der Waals surface area contributed by atoms with Gasteiger partial charge in [0.2, 0.25) is 0 Å². The molecule has 0 aliphatic heterocycles. The van der Waals surface area contributed by atoms with Crippen LogP contribution in [0, 0.1) is 0 Å². The standard InChI is InChI=1S/C7H6F3NO2/c8-7(9,10)13-6-2-1-4(12)3-5(6)11/h1-3,12H,11H2. The second-order valence-electron chi connectivity index (χ2n) is 2.27. The van der Waals surface area contributed by atoms with Crippen molar-refractivity contribution >= 4 is 5.69 Å². The maximum Gasteiger partial charge on any atom is 0.573 e. The molecule has 3 N–H and O–H groups in total. The number of phenols is 1. The minimum Gasteiger partial charge on any atom is -0.508 e. The van der Waals surface area contributed by atoms with Crippen LogP contribution >= 0.6 is 0 Å². The second-order valence-corrected chi connectivity index (χ2v) is 2.27. The van der Waals surface area contributed by atoms with Crippen molar-refractivity contribution in [2.75, 3.05) is 5.73 Å². The monoisotopic (exact) mass is 193 g/mol. The van der Waals surface area contributed by atoms with Crippen LogP contribution in [0.4, 0.5) is 18.9 Å². The Hall–Kier alpha value is -1.59. The number of phenolic OH excluding ortho intramolecular Hbond substituents is 1. The number of aromatic hydroxyl groups is 1. The molecule has 0 radical (unpaired) electrons. The van der Waals surface area contributed by atoms with Crippen molar-refractivity contribution in [1.82, 2.24) is 0 Å². The molecule has 1 rings (SSSR count). The Kier molecular flexibility index (Phi) is 2.22.